The van der Waals surface area contributed by atoms with Gasteiger partial charge in [-0.15, -0.1) is 0 Å². The first-order chi connectivity index (χ1) is 13.4. The summed E-state index contributed by atoms with van der Waals surface area (Å²) in [7, 11) is -4.04. The van der Waals surface area contributed by atoms with E-state index in [9.17, 15) is 13.2 Å². The zero-order valence-electron chi connectivity index (χ0n) is 16.6. The van der Waals surface area contributed by atoms with Crippen LogP contribution in [0.4, 0.5) is 5.69 Å². The number of benzene rings is 2. The van der Waals surface area contributed by atoms with Gasteiger partial charge in [-0.25, -0.2) is 13.8 Å². The Hall–Kier alpha value is -2.09. The van der Waals surface area contributed by atoms with E-state index in [0.29, 0.717) is 5.71 Å². The van der Waals surface area contributed by atoms with Crippen molar-refractivity contribution in [2.75, 3.05) is 10.8 Å². The van der Waals surface area contributed by atoms with Crippen molar-refractivity contribution in [1.82, 2.24) is 5.43 Å². The number of sulfonamides is 1. The summed E-state index contributed by atoms with van der Waals surface area (Å²) in [6, 6.07) is 12.2. The van der Waals surface area contributed by atoms with E-state index in [-0.39, 0.29) is 26.0 Å². The number of nitrogens with zero attached hydrogens (tertiary/aromatic N) is 2. The molecule has 9 heteroatoms. The van der Waals surface area contributed by atoms with Crippen molar-refractivity contribution in [3.63, 3.8) is 0 Å². The van der Waals surface area contributed by atoms with Gasteiger partial charge >= 0.3 is 0 Å². The average molecular weight is 456 g/mol. The van der Waals surface area contributed by atoms with Crippen LogP contribution in [-0.2, 0) is 14.8 Å². The molecular weight excluding hydrogens is 433 g/mol. The molecule has 0 unspecified atom stereocenters. The van der Waals surface area contributed by atoms with E-state index >= 15 is 0 Å². The van der Waals surface area contributed by atoms with Gasteiger partial charge in [0.25, 0.3) is 15.9 Å². The first kappa shape index (κ1) is 23.2. The molecule has 156 valence electrons. The number of halogens is 2. The lowest BCUT2D eigenvalue weighted by Crippen LogP contribution is -2.40. The highest BCUT2D eigenvalue weighted by Gasteiger charge is 2.28. The Labute approximate surface area is 181 Å². The van der Waals surface area contributed by atoms with Crippen molar-refractivity contribution in [2.45, 2.75) is 32.6 Å². The lowest BCUT2D eigenvalue weighted by Gasteiger charge is -2.24. The number of carbonyl (C=O) groups excluding carboxylic acids is 1. The number of anilines is 1. The zero-order chi connectivity index (χ0) is 21.8. The Morgan fingerprint density at radius 1 is 1.07 bits per heavy atom. The number of hydrogen-bond donors (Lipinski definition) is 1. The Morgan fingerprint density at radius 3 is 2.14 bits per heavy atom. The molecule has 0 saturated carbocycles. The molecule has 0 fully saturated rings. The molecule has 6 nitrogen and oxygen atoms in total. The highest BCUT2D eigenvalue weighted by Crippen LogP contribution is 2.29. The maximum atomic E-state index is 13.2. The van der Waals surface area contributed by atoms with Crippen LogP contribution >= 0.6 is 23.2 Å². The molecule has 2 aromatic rings. The lowest BCUT2D eigenvalue weighted by atomic mass is 9.91. The molecule has 0 bridgehead atoms. The van der Waals surface area contributed by atoms with E-state index in [2.05, 4.69) is 10.5 Å². The standard InChI is InChI=1S/C20H23Cl2N3O3S/c1-14(20(2,3)4)23-24-19(26)13-25(17-11-15(21)10-16(22)12-17)29(27,28)18-8-6-5-7-9-18/h5-12H,13H2,1-4H3,(H,24,26)/b23-14-. The number of rotatable bonds is 6. The smallest absolute Gasteiger partial charge is 0.264 e. The molecule has 1 amide bonds. The summed E-state index contributed by atoms with van der Waals surface area (Å²) in [5.41, 5.74) is 3.07. The third kappa shape index (κ3) is 6.19. The molecule has 1 N–H and O–H groups in total. The molecule has 0 saturated heterocycles. The van der Waals surface area contributed by atoms with Gasteiger partial charge in [-0.05, 0) is 37.3 Å². The van der Waals surface area contributed by atoms with Crippen LogP contribution in [0.25, 0.3) is 0 Å². The van der Waals surface area contributed by atoms with Crippen molar-refractivity contribution in [1.29, 1.82) is 0 Å². The molecule has 2 rings (SSSR count). The Kier molecular flexibility index (Phi) is 7.32. The highest BCUT2D eigenvalue weighted by atomic mass is 35.5. The van der Waals surface area contributed by atoms with Gasteiger partial charge < -0.3 is 0 Å². The second-order valence-electron chi connectivity index (χ2n) is 7.43. The van der Waals surface area contributed by atoms with Gasteiger partial charge in [-0.3, -0.25) is 9.10 Å². The Balaban J connectivity index is 2.42. The highest BCUT2D eigenvalue weighted by molar-refractivity contribution is 7.92. The fourth-order valence-corrected chi connectivity index (χ4v) is 4.14. The quantitative estimate of drug-likeness (QED) is 0.504. The fraction of sp³-hybridized carbons (Fsp3) is 0.300. The summed E-state index contributed by atoms with van der Waals surface area (Å²) in [6.45, 7) is 7.17. The molecule has 0 aliphatic carbocycles. The number of hydrogen-bond acceptors (Lipinski definition) is 4. The molecular formula is C20H23Cl2N3O3S. The lowest BCUT2D eigenvalue weighted by molar-refractivity contribution is -0.119. The number of nitrogens with one attached hydrogen (secondary N) is 1. The summed E-state index contributed by atoms with van der Waals surface area (Å²) in [5, 5.41) is 4.58. The first-order valence-corrected chi connectivity index (χ1v) is 11.0. The maximum absolute atomic E-state index is 13.2. The first-order valence-electron chi connectivity index (χ1n) is 8.79. The molecule has 29 heavy (non-hydrogen) atoms. The molecule has 2 aromatic carbocycles. The number of amides is 1. The van der Waals surface area contributed by atoms with Crippen LogP contribution in [0, 0.1) is 5.41 Å². The Bertz CT molecular complexity index is 997. The molecule has 0 radical (unpaired) electrons. The maximum Gasteiger partial charge on any atom is 0.264 e. The zero-order valence-corrected chi connectivity index (χ0v) is 18.9. The normalized spacial score (nSPS) is 12.6. The Morgan fingerprint density at radius 2 is 1.62 bits per heavy atom. The monoisotopic (exact) mass is 455 g/mol. The van der Waals surface area contributed by atoms with E-state index in [0.717, 1.165) is 4.31 Å². The van der Waals surface area contributed by atoms with Gasteiger partial charge in [-0.1, -0.05) is 62.2 Å². The predicted octanol–water partition coefficient (Wildman–Crippen LogP) is 4.73. The second kappa shape index (κ2) is 9.15. The summed E-state index contributed by atoms with van der Waals surface area (Å²) in [4.78, 5) is 12.6. The predicted molar refractivity (Wildman–Crippen MR) is 118 cm³/mol. The largest absolute Gasteiger partial charge is 0.271 e. The van der Waals surface area contributed by atoms with E-state index in [4.69, 9.17) is 23.2 Å². The van der Waals surface area contributed by atoms with Crippen LogP contribution in [0.15, 0.2) is 58.5 Å². The summed E-state index contributed by atoms with van der Waals surface area (Å²) < 4.78 is 27.4. The third-order valence-electron chi connectivity index (χ3n) is 4.19. The molecule has 0 aromatic heterocycles. The minimum absolute atomic E-state index is 0.0401. The van der Waals surface area contributed by atoms with Gasteiger partial charge in [0.05, 0.1) is 10.6 Å². The third-order valence-corrected chi connectivity index (χ3v) is 6.41. The van der Waals surface area contributed by atoms with Crippen molar-refractivity contribution in [2.24, 2.45) is 10.5 Å². The van der Waals surface area contributed by atoms with Crippen molar-refractivity contribution in [3.05, 3.63) is 58.6 Å². The minimum Gasteiger partial charge on any atom is -0.271 e. The fourth-order valence-electron chi connectivity index (χ4n) is 2.20. The van der Waals surface area contributed by atoms with Crippen LogP contribution in [0.2, 0.25) is 10.0 Å². The van der Waals surface area contributed by atoms with E-state index in [1.54, 1.807) is 25.1 Å². The van der Waals surface area contributed by atoms with Crippen molar-refractivity contribution >= 4 is 50.5 Å². The van der Waals surface area contributed by atoms with E-state index < -0.39 is 22.5 Å². The van der Waals surface area contributed by atoms with Crippen LogP contribution in [0.3, 0.4) is 0 Å². The molecule has 0 aliphatic rings. The number of carbonyl (C=O) groups is 1. The van der Waals surface area contributed by atoms with Crippen LogP contribution < -0.4 is 9.73 Å². The van der Waals surface area contributed by atoms with Gasteiger partial charge in [0, 0.05) is 21.2 Å². The number of hydrazone groups is 1. The van der Waals surface area contributed by atoms with Crippen molar-refractivity contribution < 1.29 is 13.2 Å². The van der Waals surface area contributed by atoms with E-state index in [1.807, 2.05) is 20.8 Å². The van der Waals surface area contributed by atoms with Crippen LogP contribution in [0.1, 0.15) is 27.7 Å². The van der Waals surface area contributed by atoms with Gasteiger partial charge in [0.1, 0.15) is 6.54 Å². The average Bonchev–Trinajstić information content (AvgIpc) is 2.63. The summed E-state index contributed by atoms with van der Waals surface area (Å²) in [6.07, 6.45) is 0. The molecule has 0 aliphatic heterocycles. The van der Waals surface area contributed by atoms with Crippen LogP contribution in [0.5, 0.6) is 0 Å². The van der Waals surface area contributed by atoms with Crippen LogP contribution in [-0.4, -0.2) is 26.6 Å². The SMILES string of the molecule is C/C(=N/NC(=O)CN(c1cc(Cl)cc(Cl)c1)S(=O)(=O)c1ccccc1)C(C)(C)C. The topological polar surface area (TPSA) is 78.8 Å². The molecule has 0 spiro atoms. The van der Waals surface area contributed by atoms with Gasteiger partial charge in [0.15, 0.2) is 0 Å². The molecule has 0 heterocycles. The van der Waals surface area contributed by atoms with Gasteiger partial charge in [0.2, 0.25) is 0 Å². The second-order valence-corrected chi connectivity index (χ2v) is 10.2. The summed E-state index contributed by atoms with van der Waals surface area (Å²) >= 11 is 12.1. The summed E-state index contributed by atoms with van der Waals surface area (Å²) in [5.74, 6) is -0.593. The van der Waals surface area contributed by atoms with Gasteiger partial charge in [-0.2, -0.15) is 5.10 Å². The van der Waals surface area contributed by atoms with Crippen molar-refractivity contribution in [3.8, 4) is 0 Å². The minimum atomic E-state index is -4.04. The van der Waals surface area contributed by atoms with E-state index in [1.165, 1.54) is 30.3 Å². The molecule has 0 atom stereocenters.